The summed E-state index contributed by atoms with van der Waals surface area (Å²) in [4.78, 5) is 10.1. The van der Waals surface area contributed by atoms with Crippen LogP contribution in [-0.2, 0) is 10.0 Å². The molecule has 0 spiro atoms. The summed E-state index contributed by atoms with van der Waals surface area (Å²) < 4.78 is 32.6. The molecule has 0 radical (unpaired) electrons. The van der Waals surface area contributed by atoms with Crippen LogP contribution in [0.3, 0.4) is 0 Å². The van der Waals surface area contributed by atoms with Gasteiger partial charge < -0.3 is 4.74 Å². The topological polar surface area (TPSA) is 89.8 Å². The lowest BCUT2D eigenvalue weighted by molar-refractivity contribution is -0.384. The van der Waals surface area contributed by atoms with Gasteiger partial charge in [0.15, 0.2) is 0 Å². The second kappa shape index (κ2) is 8.01. The lowest BCUT2D eigenvalue weighted by atomic mass is 10.3. The first kappa shape index (κ1) is 19.5. The van der Waals surface area contributed by atoms with Gasteiger partial charge >= 0.3 is 0 Å². The van der Waals surface area contributed by atoms with Crippen LogP contribution >= 0.6 is 0 Å². The fraction of sp³-hybridized carbons (Fsp3) is 0.222. The number of nitro benzene ring substituents is 1. The average Bonchev–Trinajstić information content (AvgIpc) is 2.60. The summed E-state index contributed by atoms with van der Waals surface area (Å²) in [6, 6.07) is 11.4. The molecule has 7 nitrogen and oxygen atoms in total. The van der Waals surface area contributed by atoms with Gasteiger partial charge in [-0.1, -0.05) is 6.08 Å². The zero-order valence-electron chi connectivity index (χ0n) is 14.5. The van der Waals surface area contributed by atoms with Gasteiger partial charge in [0.2, 0.25) is 0 Å². The Balaban J connectivity index is 2.38. The first-order valence-electron chi connectivity index (χ1n) is 7.90. The van der Waals surface area contributed by atoms with Crippen molar-refractivity contribution in [1.29, 1.82) is 0 Å². The van der Waals surface area contributed by atoms with Crippen molar-refractivity contribution in [3.8, 4) is 5.75 Å². The van der Waals surface area contributed by atoms with E-state index in [1.54, 1.807) is 24.3 Å². The Morgan fingerprint density at radius 3 is 2.19 bits per heavy atom. The molecule has 0 aliphatic rings. The van der Waals surface area contributed by atoms with Crippen LogP contribution in [0.25, 0.3) is 0 Å². The molecule has 138 valence electrons. The van der Waals surface area contributed by atoms with Crippen molar-refractivity contribution in [2.24, 2.45) is 0 Å². The van der Waals surface area contributed by atoms with E-state index in [-0.39, 0.29) is 23.2 Å². The summed E-state index contributed by atoms with van der Waals surface area (Å²) in [5.41, 5.74) is 0.272. The van der Waals surface area contributed by atoms with Crippen LogP contribution in [0.15, 0.2) is 66.1 Å². The number of sulfonamides is 1. The Hall–Kier alpha value is -2.87. The van der Waals surface area contributed by atoms with Crippen molar-refractivity contribution < 1.29 is 18.1 Å². The van der Waals surface area contributed by atoms with Gasteiger partial charge in [-0.15, -0.1) is 6.58 Å². The maximum Gasteiger partial charge on any atom is 0.269 e. The summed E-state index contributed by atoms with van der Waals surface area (Å²) in [7, 11) is -3.90. The second-order valence-electron chi connectivity index (χ2n) is 5.74. The van der Waals surface area contributed by atoms with Gasteiger partial charge in [-0.25, -0.2) is 8.42 Å². The van der Waals surface area contributed by atoms with Gasteiger partial charge in [-0.3, -0.25) is 14.4 Å². The normalized spacial score (nSPS) is 11.2. The molecular weight excluding hydrogens is 356 g/mol. The second-order valence-corrected chi connectivity index (χ2v) is 7.60. The quantitative estimate of drug-likeness (QED) is 0.397. The molecule has 0 saturated heterocycles. The smallest absolute Gasteiger partial charge is 0.269 e. The first-order valence-corrected chi connectivity index (χ1v) is 9.34. The van der Waals surface area contributed by atoms with Crippen molar-refractivity contribution in [1.82, 2.24) is 0 Å². The van der Waals surface area contributed by atoms with E-state index >= 15 is 0 Å². The molecule has 0 heterocycles. The number of nitro groups is 1. The van der Waals surface area contributed by atoms with Crippen LogP contribution in [0, 0.1) is 10.1 Å². The zero-order valence-corrected chi connectivity index (χ0v) is 15.3. The number of hydrogen-bond donors (Lipinski definition) is 0. The first-order chi connectivity index (χ1) is 12.3. The van der Waals surface area contributed by atoms with E-state index in [0.29, 0.717) is 11.4 Å². The number of ether oxygens (including phenoxy) is 1. The van der Waals surface area contributed by atoms with E-state index < -0.39 is 14.9 Å². The monoisotopic (exact) mass is 376 g/mol. The molecule has 0 aliphatic carbocycles. The molecule has 26 heavy (non-hydrogen) atoms. The number of non-ortho nitro benzene ring substituents is 1. The summed E-state index contributed by atoms with van der Waals surface area (Å²) in [6.45, 7) is 7.47. The maximum atomic E-state index is 12.9. The van der Waals surface area contributed by atoms with Crippen LogP contribution in [0.4, 0.5) is 11.4 Å². The lowest BCUT2D eigenvalue weighted by Gasteiger charge is -2.23. The summed E-state index contributed by atoms with van der Waals surface area (Å²) in [5, 5.41) is 10.7. The third-order valence-corrected chi connectivity index (χ3v) is 5.23. The molecule has 0 amide bonds. The fourth-order valence-corrected chi connectivity index (χ4v) is 3.73. The maximum absolute atomic E-state index is 12.9. The predicted octanol–water partition coefficient (Wildman–Crippen LogP) is 3.76. The number of nitrogens with zero attached hydrogens (tertiary/aromatic N) is 2. The van der Waals surface area contributed by atoms with E-state index in [4.69, 9.17) is 4.74 Å². The van der Waals surface area contributed by atoms with Crippen molar-refractivity contribution in [2.75, 3.05) is 10.8 Å². The SMILES string of the molecule is C=CCN(c1ccc(OC(C)C)cc1)S(=O)(=O)c1ccc([N+](=O)[O-])cc1. The van der Waals surface area contributed by atoms with Crippen LogP contribution in [0.1, 0.15) is 13.8 Å². The molecule has 0 N–H and O–H groups in total. The highest BCUT2D eigenvalue weighted by Crippen LogP contribution is 2.27. The Morgan fingerprint density at radius 2 is 1.73 bits per heavy atom. The molecule has 0 aliphatic heterocycles. The largest absolute Gasteiger partial charge is 0.491 e. The van der Waals surface area contributed by atoms with Crippen molar-refractivity contribution >= 4 is 21.4 Å². The molecule has 0 bridgehead atoms. The third-order valence-electron chi connectivity index (χ3n) is 3.43. The van der Waals surface area contributed by atoms with Crippen molar-refractivity contribution in [2.45, 2.75) is 24.8 Å². The molecule has 0 fully saturated rings. The number of rotatable bonds is 8. The third kappa shape index (κ3) is 4.40. The van der Waals surface area contributed by atoms with E-state index in [1.165, 1.54) is 34.6 Å². The minimum Gasteiger partial charge on any atom is -0.491 e. The van der Waals surface area contributed by atoms with E-state index in [2.05, 4.69) is 6.58 Å². The molecule has 0 atom stereocenters. The van der Waals surface area contributed by atoms with Gasteiger partial charge in [0.05, 0.1) is 28.2 Å². The van der Waals surface area contributed by atoms with Gasteiger partial charge in [0, 0.05) is 12.1 Å². The van der Waals surface area contributed by atoms with Crippen LogP contribution in [0.2, 0.25) is 0 Å². The summed E-state index contributed by atoms with van der Waals surface area (Å²) in [6.07, 6.45) is 1.48. The highest BCUT2D eigenvalue weighted by atomic mass is 32.2. The number of benzene rings is 2. The lowest BCUT2D eigenvalue weighted by Crippen LogP contribution is -2.31. The van der Waals surface area contributed by atoms with Crippen LogP contribution in [0.5, 0.6) is 5.75 Å². The Labute approximate surface area is 152 Å². The van der Waals surface area contributed by atoms with E-state index in [0.717, 1.165) is 0 Å². The Kier molecular flexibility index (Phi) is 5.99. The Bertz CT molecular complexity index is 875. The van der Waals surface area contributed by atoms with Crippen molar-refractivity contribution in [3.63, 3.8) is 0 Å². The number of anilines is 1. The van der Waals surface area contributed by atoms with Crippen LogP contribution in [-0.4, -0.2) is 26.0 Å². The van der Waals surface area contributed by atoms with Gasteiger partial charge in [0.25, 0.3) is 15.7 Å². The standard InChI is InChI=1S/C18H20N2O5S/c1-4-13-19(15-5-9-17(10-6-15)25-14(2)3)26(23,24)18-11-7-16(8-12-18)20(21)22/h4-12,14H,1,13H2,2-3H3. The minimum absolute atomic E-state index is 0.00831. The number of hydrogen-bond acceptors (Lipinski definition) is 5. The van der Waals surface area contributed by atoms with Gasteiger partial charge in [0.1, 0.15) is 5.75 Å². The summed E-state index contributed by atoms with van der Waals surface area (Å²) >= 11 is 0. The highest BCUT2D eigenvalue weighted by molar-refractivity contribution is 7.92. The van der Waals surface area contributed by atoms with E-state index in [9.17, 15) is 18.5 Å². The fourth-order valence-electron chi connectivity index (χ4n) is 2.29. The van der Waals surface area contributed by atoms with Crippen LogP contribution < -0.4 is 9.04 Å². The predicted molar refractivity (Wildman–Crippen MR) is 100 cm³/mol. The molecule has 8 heteroatoms. The molecule has 2 aromatic rings. The molecule has 2 aromatic carbocycles. The summed E-state index contributed by atoms with van der Waals surface area (Å²) in [5.74, 6) is 0.634. The average molecular weight is 376 g/mol. The highest BCUT2D eigenvalue weighted by Gasteiger charge is 2.24. The molecule has 0 saturated carbocycles. The molecule has 0 aromatic heterocycles. The molecule has 0 unspecified atom stereocenters. The van der Waals surface area contributed by atoms with Crippen molar-refractivity contribution in [3.05, 3.63) is 71.3 Å². The zero-order chi connectivity index (χ0) is 19.3. The van der Waals surface area contributed by atoms with E-state index in [1.807, 2.05) is 13.8 Å². The minimum atomic E-state index is -3.90. The Morgan fingerprint density at radius 1 is 1.15 bits per heavy atom. The molecular formula is C18H20N2O5S. The van der Waals surface area contributed by atoms with Gasteiger partial charge in [-0.05, 0) is 50.2 Å². The molecule has 2 rings (SSSR count). The van der Waals surface area contributed by atoms with Gasteiger partial charge in [-0.2, -0.15) is 0 Å².